The zero-order valence-corrected chi connectivity index (χ0v) is 8.68. The zero-order valence-electron chi connectivity index (χ0n) is 8.68. The number of rotatable bonds is 4. The predicted molar refractivity (Wildman–Crippen MR) is 53.3 cm³/mol. The maximum atomic E-state index is 13.3. The monoisotopic (exact) mass is 213 g/mol. The summed E-state index contributed by atoms with van der Waals surface area (Å²) in [6, 6.07) is 3.43. The van der Waals surface area contributed by atoms with Gasteiger partial charge in [0.05, 0.1) is 0 Å². The smallest absolute Gasteiger partial charge is 0.207 e. The van der Waals surface area contributed by atoms with Crippen LogP contribution in [0.15, 0.2) is 18.2 Å². The summed E-state index contributed by atoms with van der Waals surface area (Å²) < 4.78 is 25.9. The van der Waals surface area contributed by atoms with E-state index in [-0.39, 0.29) is 0 Å². The van der Waals surface area contributed by atoms with E-state index >= 15 is 0 Å². The number of halogens is 2. The number of carbonyl (C=O) groups excluding carboxylic acids is 1. The molecule has 15 heavy (non-hydrogen) atoms. The molecule has 0 aliphatic rings. The molecule has 4 heteroatoms. The molecular weight excluding hydrogens is 200 g/mol. The lowest BCUT2D eigenvalue weighted by Gasteiger charge is -2.24. The molecule has 1 aromatic carbocycles. The van der Waals surface area contributed by atoms with E-state index in [1.165, 1.54) is 12.1 Å². The Balaban J connectivity index is 2.84. The molecule has 1 amide bonds. The van der Waals surface area contributed by atoms with Gasteiger partial charge >= 0.3 is 0 Å². The number of benzene rings is 1. The first kappa shape index (κ1) is 11.6. The molecule has 0 heterocycles. The van der Waals surface area contributed by atoms with Gasteiger partial charge in [-0.25, -0.2) is 8.78 Å². The first-order valence-electron chi connectivity index (χ1n) is 4.60. The van der Waals surface area contributed by atoms with Crippen LogP contribution in [0.5, 0.6) is 0 Å². The molecule has 2 nitrogen and oxygen atoms in total. The van der Waals surface area contributed by atoms with E-state index in [0.29, 0.717) is 18.4 Å². The fourth-order valence-electron chi connectivity index (χ4n) is 1.35. The topological polar surface area (TPSA) is 29.1 Å². The van der Waals surface area contributed by atoms with Gasteiger partial charge in [0.1, 0.15) is 11.6 Å². The van der Waals surface area contributed by atoms with Gasteiger partial charge in [-0.2, -0.15) is 0 Å². The van der Waals surface area contributed by atoms with Crippen LogP contribution in [0, 0.1) is 11.6 Å². The number of carbonyl (C=O) groups is 1. The average Bonchev–Trinajstić information content (AvgIpc) is 2.09. The summed E-state index contributed by atoms with van der Waals surface area (Å²) in [5, 5.41) is 2.57. The normalized spacial score (nSPS) is 11.2. The van der Waals surface area contributed by atoms with Crippen molar-refractivity contribution in [2.45, 2.75) is 25.8 Å². The molecule has 0 saturated carbocycles. The highest BCUT2D eigenvalue weighted by Gasteiger charge is 2.19. The molecule has 1 rings (SSSR count). The Labute approximate surface area is 87.3 Å². The SMILES string of the molecule is CC(C)(Cc1ccc(F)cc1F)NC=O. The molecule has 0 saturated heterocycles. The molecule has 0 bridgehead atoms. The molecule has 0 unspecified atom stereocenters. The van der Waals surface area contributed by atoms with Crippen molar-refractivity contribution in [1.82, 2.24) is 5.32 Å². The summed E-state index contributed by atoms with van der Waals surface area (Å²) in [5.41, 5.74) is -0.156. The zero-order chi connectivity index (χ0) is 11.5. The van der Waals surface area contributed by atoms with Gasteiger partial charge in [0.25, 0.3) is 0 Å². The highest BCUT2D eigenvalue weighted by atomic mass is 19.1. The van der Waals surface area contributed by atoms with Gasteiger partial charge in [-0.05, 0) is 31.9 Å². The molecule has 0 aromatic heterocycles. The van der Waals surface area contributed by atoms with Crippen molar-refractivity contribution in [3.8, 4) is 0 Å². The Morgan fingerprint density at radius 1 is 1.40 bits per heavy atom. The van der Waals surface area contributed by atoms with E-state index in [1.54, 1.807) is 13.8 Å². The summed E-state index contributed by atoms with van der Waals surface area (Å²) in [6.07, 6.45) is 0.888. The van der Waals surface area contributed by atoms with Crippen LogP contribution < -0.4 is 5.32 Å². The molecule has 0 radical (unpaired) electrons. The van der Waals surface area contributed by atoms with Crippen molar-refractivity contribution < 1.29 is 13.6 Å². The van der Waals surface area contributed by atoms with E-state index in [1.807, 2.05) is 0 Å². The van der Waals surface area contributed by atoms with Crippen LogP contribution in [0.3, 0.4) is 0 Å². The first-order chi connectivity index (χ1) is 6.94. The molecule has 0 atom stereocenters. The third-order valence-electron chi connectivity index (χ3n) is 2.10. The van der Waals surface area contributed by atoms with Crippen molar-refractivity contribution in [3.63, 3.8) is 0 Å². The number of hydrogen-bond acceptors (Lipinski definition) is 1. The van der Waals surface area contributed by atoms with E-state index < -0.39 is 17.2 Å². The summed E-state index contributed by atoms with van der Waals surface area (Å²) in [7, 11) is 0. The highest BCUT2D eigenvalue weighted by Crippen LogP contribution is 2.16. The average molecular weight is 213 g/mol. The largest absolute Gasteiger partial charge is 0.353 e. The Morgan fingerprint density at radius 2 is 2.07 bits per heavy atom. The fraction of sp³-hybridized carbons (Fsp3) is 0.364. The van der Waals surface area contributed by atoms with Crippen LogP contribution in [-0.4, -0.2) is 11.9 Å². The molecule has 82 valence electrons. The van der Waals surface area contributed by atoms with Crippen LogP contribution in [0.1, 0.15) is 19.4 Å². The van der Waals surface area contributed by atoms with Gasteiger partial charge in [0, 0.05) is 11.6 Å². The molecular formula is C11H13F2NO. The third kappa shape index (κ3) is 3.31. The Bertz CT molecular complexity index is 364. The summed E-state index contributed by atoms with van der Waals surface area (Å²) in [5.74, 6) is -1.19. The standard InChI is InChI=1S/C11H13F2NO/c1-11(2,14-7-15)6-8-3-4-9(12)5-10(8)13/h3-5,7H,6H2,1-2H3,(H,14,15). The van der Waals surface area contributed by atoms with Crippen LogP contribution >= 0.6 is 0 Å². The fourth-order valence-corrected chi connectivity index (χ4v) is 1.35. The van der Waals surface area contributed by atoms with Gasteiger partial charge in [-0.15, -0.1) is 0 Å². The molecule has 0 aliphatic carbocycles. The van der Waals surface area contributed by atoms with Gasteiger partial charge < -0.3 is 5.32 Å². The van der Waals surface area contributed by atoms with E-state index in [4.69, 9.17) is 0 Å². The second kappa shape index (κ2) is 4.38. The number of hydrogen-bond donors (Lipinski definition) is 1. The van der Waals surface area contributed by atoms with Crippen molar-refractivity contribution in [2.24, 2.45) is 0 Å². The second-order valence-corrected chi connectivity index (χ2v) is 4.06. The summed E-state index contributed by atoms with van der Waals surface area (Å²) >= 11 is 0. The first-order valence-corrected chi connectivity index (χ1v) is 4.60. The maximum Gasteiger partial charge on any atom is 0.207 e. The third-order valence-corrected chi connectivity index (χ3v) is 2.10. The van der Waals surface area contributed by atoms with Gasteiger partial charge in [-0.3, -0.25) is 4.79 Å². The number of amides is 1. The minimum absolute atomic E-state index is 0.317. The molecule has 1 aromatic rings. The van der Waals surface area contributed by atoms with Crippen LogP contribution in [-0.2, 0) is 11.2 Å². The molecule has 0 aliphatic heterocycles. The van der Waals surface area contributed by atoms with Gasteiger partial charge in [0.2, 0.25) is 6.41 Å². The lowest BCUT2D eigenvalue weighted by molar-refractivity contribution is -0.110. The minimum atomic E-state index is -0.600. The highest BCUT2D eigenvalue weighted by molar-refractivity contribution is 5.47. The lowest BCUT2D eigenvalue weighted by Crippen LogP contribution is -2.40. The van der Waals surface area contributed by atoms with Crippen molar-refractivity contribution in [3.05, 3.63) is 35.4 Å². The minimum Gasteiger partial charge on any atom is -0.353 e. The van der Waals surface area contributed by atoms with Gasteiger partial charge in [0.15, 0.2) is 0 Å². The number of nitrogens with one attached hydrogen (secondary N) is 1. The van der Waals surface area contributed by atoms with Crippen LogP contribution in [0.25, 0.3) is 0 Å². The van der Waals surface area contributed by atoms with Crippen molar-refractivity contribution in [1.29, 1.82) is 0 Å². The van der Waals surface area contributed by atoms with E-state index in [9.17, 15) is 13.6 Å². The Hall–Kier alpha value is -1.45. The van der Waals surface area contributed by atoms with E-state index in [0.717, 1.165) is 6.07 Å². The van der Waals surface area contributed by atoms with Gasteiger partial charge in [-0.1, -0.05) is 6.07 Å². The molecule has 1 N–H and O–H groups in total. The predicted octanol–water partition coefficient (Wildman–Crippen LogP) is 2.03. The Kier molecular flexibility index (Phi) is 3.39. The molecule has 0 fully saturated rings. The lowest BCUT2D eigenvalue weighted by atomic mass is 9.95. The summed E-state index contributed by atoms with van der Waals surface area (Å²) in [6.45, 7) is 3.54. The van der Waals surface area contributed by atoms with Crippen molar-refractivity contribution in [2.75, 3.05) is 0 Å². The quantitative estimate of drug-likeness (QED) is 0.762. The Morgan fingerprint density at radius 3 is 2.60 bits per heavy atom. The molecule has 0 spiro atoms. The van der Waals surface area contributed by atoms with Crippen LogP contribution in [0.4, 0.5) is 8.78 Å². The van der Waals surface area contributed by atoms with Crippen molar-refractivity contribution >= 4 is 6.41 Å². The second-order valence-electron chi connectivity index (χ2n) is 4.06. The van der Waals surface area contributed by atoms with Crippen LogP contribution in [0.2, 0.25) is 0 Å². The maximum absolute atomic E-state index is 13.3. The van der Waals surface area contributed by atoms with E-state index in [2.05, 4.69) is 5.32 Å². The summed E-state index contributed by atoms with van der Waals surface area (Å²) in [4.78, 5) is 10.3.